The third-order valence-corrected chi connectivity index (χ3v) is 12.3. The molecule has 210 valence electrons. The maximum atomic E-state index is 6.63. The third-order valence-electron chi connectivity index (χ3n) is 7.82. The molecule has 0 radical (unpaired) electrons. The Labute approximate surface area is 235 Å². The summed E-state index contributed by atoms with van der Waals surface area (Å²) in [5.41, 5.74) is 3.34. The van der Waals surface area contributed by atoms with Crippen molar-refractivity contribution in [1.82, 2.24) is 0 Å². The van der Waals surface area contributed by atoms with E-state index in [0.717, 1.165) is 16.7 Å². The van der Waals surface area contributed by atoms with E-state index in [2.05, 4.69) is 70.3 Å². The van der Waals surface area contributed by atoms with Gasteiger partial charge in [-0.25, -0.2) is 0 Å². The van der Waals surface area contributed by atoms with Crippen LogP contribution >= 0.6 is 0 Å². The zero-order chi connectivity index (χ0) is 27.7. The highest BCUT2D eigenvalue weighted by Crippen LogP contribution is 2.37. The van der Waals surface area contributed by atoms with Crippen molar-refractivity contribution in [3.05, 3.63) is 108 Å². The summed E-state index contributed by atoms with van der Waals surface area (Å²) in [5, 5.41) is 0.104. The van der Waals surface area contributed by atoms with E-state index in [0.29, 0.717) is 33.0 Å². The molecule has 1 aliphatic heterocycles. The van der Waals surface area contributed by atoms with Gasteiger partial charge in [0, 0.05) is 0 Å². The predicted octanol–water partition coefficient (Wildman–Crippen LogP) is 7.16. The standard InChI is InChI=1S/C33H44O5Si/c1-33(2,3)39(4,5)38-25-30-32(37-23-28-19-13-8-14-20-28)31(36-22-27-17-11-7-12-18-27)29(24-35-30)34-21-26-15-9-6-10-16-26/h6-20,29-32H,21-25H2,1-5H3/t29-,30+,31+,32+/m0/s1. The molecule has 0 amide bonds. The fourth-order valence-electron chi connectivity index (χ4n) is 4.34. The van der Waals surface area contributed by atoms with Crippen LogP contribution in [-0.4, -0.2) is 45.9 Å². The Morgan fingerprint density at radius 3 is 1.56 bits per heavy atom. The van der Waals surface area contributed by atoms with Gasteiger partial charge in [-0.05, 0) is 34.8 Å². The van der Waals surface area contributed by atoms with E-state index >= 15 is 0 Å². The molecule has 5 nitrogen and oxygen atoms in total. The zero-order valence-corrected chi connectivity index (χ0v) is 25.0. The van der Waals surface area contributed by atoms with E-state index in [-0.39, 0.29) is 29.5 Å². The second-order valence-electron chi connectivity index (χ2n) is 11.8. The van der Waals surface area contributed by atoms with Crippen molar-refractivity contribution in [1.29, 1.82) is 0 Å². The smallest absolute Gasteiger partial charge is 0.192 e. The SMILES string of the molecule is CC(C)(C)[Si](C)(C)OC[C@H]1OC[C@H](OCc2ccccc2)[C@@H](OCc2ccccc2)[C@@H]1OCc1ccccc1. The van der Waals surface area contributed by atoms with Crippen LogP contribution in [0.25, 0.3) is 0 Å². The number of hydrogen-bond donors (Lipinski definition) is 0. The van der Waals surface area contributed by atoms with Crippen LogP contribution in [0.5, 0.6) is 0 Å². The van der Waals surface area contributed by atoms with Gasteiger partial charge in [0.05, 0.1) is 33.0 Å². The summed E-state index contributed by atoms with van der Waals surface area (Å²) >= 11 is 0. The van der Waals surface area contributed by atoms with Crippen molar-refractivity contribution in [2.45, 2.75) is 83.1 Å². The summed E-state index contributed by atoms with van der Waals surface area (Å²) in [4.78, 5) is 0. The molecule has 0 spiro atoms. The number of rotatable bonds is 12. The Morgan fingerprint density at radius 2 is 1.10 bits per heavy atom. The van der Waals surface area contributed by atoms with E-state index in [1.165, 1.54) is 0 Å². The summed E-state index contributed by atoms with van der Waals surface area (Å²) in [6.07, 6.45) is -1.22. The van der Waals surface area contributed by atoms with Crippen LogP contribution in [0.4, 0.5) is 0 Å². The summed E-state index contributed by atoms with van der Waals surface area (Å²) in [6, 6.07) is 30.7. The first-order valence-electron chi connectivity index (χ1n) is 13.9. The molecule has 3 aromatic carbocycles. The minimum Gasteiger partial charge on any atom is -0.414 e. The summed E-state index contributed by atoms with van der Waals surface area (Å²) in [7, 11) is -1.98. The molecule has 0 N–H and O–H groups in total. The molecule has 6 heteroatoms. The molecule has 3 aromatic rings. The van der Waals surface area contributed by atoms with Gasteiger partial charge in [-0.1, -0.05) is 112 Å². The van der Waals surface area contributed by atoms with Gasteiger partial charge in [0.25, 0.3) is 0 Å². The highest BCUT2D eigenvalue weighted by atomic mass is 28.4. The largest absolute Gasteiger partial charge is 0.414 e. The topological polar surface area (TPSA) is 46.2 Å². The predicted molar refractivity (Wildman–Crippen MR) is 158 cm³/mol. The minimum atomic E-state index is -1.98. The summed E-state index contributed by atoms with van der Waals surface area (Å²) in [6.45, 7) is 13.6. The highest BCUT2D eigenvalue weighted by Gasteiger charge is 2.45. The van der Waals surface area contributed by atoms with Gasteiger partial charge < -0.3 is 23.4 Å². The van der Waals surface area contributed by atoms with Crippen molar-refractivity contribution in [3.8, 4) is 0 Å². The Hall–Kier alpha value is -2.32. The second kappa shape index (κ2) is 13.8. The number of hydrogen-bond acceptors (Lipinski definition) is 5. The number of ether oxygens (including phenoxy) is 4. The second-order valence-corrected chi connectivity index (χ2v) is 16.6. The fourth-order valence-corrected chi connectivity index (χ4v) is 5.35. The van der Waals surface area contributed by atoms with Gasteiger partial charge >= 0.3 is 0 Å². The Balaban J connectivity index is 1.55. The van der Waals surface area contributed by atoms with E-state index in [9.17, 15) is 0 Å². The maximum Gasteiger partial charge on any atom is 0.192 e. The van der Waals surface area contributed by atoms with Crippen LogP contribution < -0.4 is 0 Å². The van der Waals surface area contributed by atoms with Gasteiger partial charge in [-0.3, -0.25) is 0 Å². The van der Waals surface area contributed by atoms with Gasteiger partial charge in [0.1, 0.15) is 24.4 Å². The van der Waals surface area contributed by atoms with Crippen molar-refractivity contribution < 1.29 is 23.4 Å². The first kappa shape index (κ1) is 29.7. The Morgan fingerprint density at radius 1 is 0.667 bits per heavy atom. The monoisotopic (exact) mass is 548 g/mol. The molecule has 1 saturated heterocycles. The van der Waals surface area contributed by atoms with Crippen LogP contribution in [0.2, 0.25) is 18.1 Å². The van der Waals surface area contributed by atoms with Crippen LogP contribution in [-0.2, 0) is 43.2 Å². The molecule has 0 aromatic heterocycles. The summed E-state index contributed by atoms with van der Waals surface area (Å²) < 4.78 is 32.8. The van der Waals surface area contributed by atoms with Crippen LogP contribution in [0.15, 0.2) is 91.0 Å². The van der Waals surface area contributed by atoms with E-state index in [1.807, 2.05) is 54.6 Å². The molecule has 4 rings (SSSR count). The van der Waals surface area contributed by atoms with Crippen LogP contribution in [0.3, 0.4) is 0 Å². The number of benzene rings is 3. The molecular weight excluding hydrogens is 504 g/mol. The normalized spacial score (nSPS) is 22.1. The zero-order valence-electron chi connectivity index (χ0n) is 24.0. The maximum absolute atomic E-state index is 6.63. The molecular formula is C33H44O5Si. The van der Waals surface area contributed by atoms with Gasteiger partial charge in [0.15, 0.2) is 8.32 Å². The lowest BCUT2D eigenvalue weighted by atomic mass is 9.99. The lowest BCUT2D eigenvalue weighted by molar-refractivity contribution is -0.242. The summed E-state index contributed by atoms with van der Waals surface area (Å²) in [5.74, 6) is 0. The van der Waals surface area contributed by atoms with Crippen LogP contribution in [0.1, 0.15) is 37.5 Å². The first-order chi connectivity index (χ1) is 18.7. The highest BCUT2D eigenvalue weighted by molar-refractivity contribution is 6.74. The molecule has 1 aliphatic rings. The minimum absolute atomic E-state index is 0.104. The fraction of sp³-hybridized carbons (Fsp3) is 0.455. The molecule has 4 atom stereocenters. The van der Waals surface area contributed by atoms with Crippen molar-refractivity contribution >= 4 is 8.32 Å². The van der Waals surface area contributed by atoms with E-state index < -0.39 is 8.32 Å². The molecule has 0 saturated carbocycles. The van der Waals surface area contributed by atoms with Gasteiger partial charge in [-0.15, -0.1) is 0 Å². The Bertz CT molecular complexity index is 1100. The van der Waals surface area contributed by atoms with E-state index in [4.69, 9.17) is 23.4 Å². The molecule has 39 heavy (non-hydrogen) atoms. The quantitative estimate of drug-likeness (QED) is 0.225. The van der Waals surface area contributed by atoms with Crippen molar-refractivity contribution in [2.75, 3.05) is 13.2 Å². The van der Waals surface area contributed by atoms with Crippen LogP contribution in [0, 0.1) is 0 Å². The average molecular weight is 549 g/mol. The van der Waals surface area contributed by atoms with Gasteiger partial charge in [-0.2, -0.15) is 0 Å². The lowest BCUT2D eigenvalue weighted by Crippen LogP contribution is -2.58. The lowest BCUT2D eigenvalue weighted by Gasteiger charge is -2.44. The molecule has 1 fully saturated rings. The molecule has 0 unspecified atom stereocenters. The van der Waals surface area contributed by atoms with Crippen molar-refractivity contribution in [3.63, 3.8) is 0 Å². The molecule has 0 aliphatic carbocycles. The first-order valence-corrected chi connectivity index (χ1v) is 16.9. The molecule has 1 heterocycles. The van der Waals surface area contributed by atoms with Gasteiger partial charge in [0.2, 0.25) is 0 Å². The van der Waals surface area contributed by atoms with Crippen molar-refractivity contribution in [2.24, 2.45) is 0 Å². The Kier molecular flexibility index (Phi) is 10.5. The molecule has 0 bridgehead atoms. The third kappa shape index (κ3) is 8.58. The van der Waals surface area contributed by atoms with E-state index in [1.54, 1.807) is 0 Å². The average Bonchev–Trinajstić information content (AvgIpc) is 2.94.